The first kappa shape index (κ1) is 11.9. The Labute approximate surface area is 103 Å². The number of carbonyl (C=O) groups excluding carboxylic acids is 1. The fourth-order valence-corrected chi connectivity index (χ4v) is 2.08. The quantitative estimate of drug-likeness (QED) is 0.615. The molecule has 0 atom stereocenters. The number of fused-ring (bicyclic) bond motifs is 1. The zero-order valence-electron chi connectivity index (χ0n) is 9.88. The second-order valence-electron chi connectivity index (χ2n) is 3.39. The molecule has 0 fully saturated rings. The number of imidazole rings is 1. The molecule has 6 heteroatoms. The van der Waals surface area contributed by atoms with Gasteiger partial charge in [0, 0.05) is 13.2 Å². The Bertz CT molecular complexity index is 553. The number of hydroxylamine groups is 2. The summed E-state index contributed by atoms with van der Waals surface area (Å²) in [5.74, 6) is -0.253. The van der Waals surface area contributed by atoms with Gasteiger partial charge in [-0.05, 0) is 18.4 Å². The highest BCUT2D eigenvalue weighted by Gasteiger charge is 2.20. The van der Waals surface area contributed by atoms with Gasteiger partial charge in [0.25, 0.3) is 5.91 Å². The smallest absolute Gasteiger partial charge is 0.294 e. The lowest BCUT2D eigenvalue weighted by atomic mass is 10.3. The zero-order chi connectivity index (χ0) is 12.4. The molecular formula is C11H13N3O2S. The van der Waals surface area contributed by atoms with Gasteiger partial charge in [0.05, 0.1) is 12.6 Å². The summed E-state index contributed by atoms with van der Waals surface area (Å²) >= 11 is 1.50. The molecule has 0 aliphatic heterocycles. The molecule has 2 aromatic rings. The number of thioether (sulfide) groups is 1. The van der Waals surface area contributed by atoms with Gasteiger partial charge in [0.2, 0.25) is 0 Å². The van der Waals surface area contributed by atoms with Crippen molar-refractivity contribution in [2.45, 2.75) is 5.16 Å². The van der Waals surface area contributed by atoms with E-state index in [4.69, 9.17) is 4.84 Å². The monoisotopic (exact) mass is 251 g/mol. The largest absolute Gasteiger partial charge is 0.298 e. The molecular weight excluding hydrogens is 238 g/mol. The molecule has 0 spiro atoms. The topological polar surface area (TPSA) is 46.8 Å². The molecule has 0 bridgehead atoms. The van der Waals surface area contributed by atoms with E-state index in [-0.39, 0.29) is 5.91 Å². The Morgan fingerprint density at radius 1 is 1.53 bits per heavy atom. The van der Waals surface area contributed by atoms with Crippen LogP contribution in [0.15, 0.2) is 29.6 Å². The lowest BCUT2D eigenvalue weighted by Gasteiger charge is -2.11. The third kappa shape index (κ3) is 2.01. The SMILES string of the molecule is CON(C)C(=O)c1nc(SC)n2ccccc12. The Hall–Kier alpha value is -1.53. The molecule has 0 radical (unpaired) electrons. The average Bonchev–Trinajstić information content (AvgIpc) is 2.75. The van der Waals surface area contributed by atoms with Gasteiger partial charge in [0.1, 0.15) is 0 Å². The van der Waals surface area contributed by atoms with Crippen LogP contribution in [0.2, 0.25) is 0 Å². The third-order valence-corrected chi connectivity index (χ3v) is 3.11. The van der Waals surface area contributed by atoms with Crippen molar-refractivity contribution in [3.05, 3.63) is 30.1 Å². The standard InChI is InChI=1S/C11H13N3O2S/c1-13(16-2)10(15)9-8-6-4-5-7-14(8)11(12-9)17-3/h4-7H,1-3H3. The van der Waals surface area contributed by atoms with Crippen molar-refractivity contribution in [2.24, 2.45) is 0 Å². The van der Waals surface area contributed by atoms with E-state index in [9.17, 15) is 4.79 Å². The van der Waals surface area contributed by atoms with Gasteiger partial charge < -0.3 is 0 Å². The van der Waals surface area contributed by atoms with E-state index >= 15 is 0 Å². The molecule has 1 amide bonds. The van der Waals surface area contributed by atoms with Crippen LogP contribution in [-0.2, 0) is 4.84 Å². The lowest BCUT2D eigenvalue weighted by Crippen LogP contribution is -2.25. The van der Waals surface area contributed by atoms with E-state index in [2.05, 4.69) is 4.98 Å². The van der Waals surface area contributed by atoms with Crippen molar-refractivity contribution in [1.29, 1.82) is 0 Å². The first-order chi connectivity index (χ1) is 8.19. The Balaban J connectivity index is 2.58. The molecule has 0 N–H and O–H groups in total. The van der Waals surface area contributed by atoms with Crippen LogP contribution in [0.3, 0.4) is 0 Å². The summed E-state index contributed by atoms with van der Waals surface area (Å²) < 4.78 is 1.89. The summed E-state index contributed by atoms with van der Waals surface area (Å²) in [6.07, 6.45) is 3.81. The highest BCUT2D eigenvalue weighted by molar-refractivity contribution is 7.98. The second kappa shape index (κ2) is 4.77. The molecule has 0 aliphatic rings. The highest BCUT2D eigenvalue weighted by atomic mass is 32.2. The van der Waals surface area contributed by atoms with Gasteiger partial charge in [-0.2, -0.15) is 0 Å². The maximum Gasteiger partial charge on any atom is 0.298 e. The Kier molecular flexibility index (Phi) is 3.35. The van der Waals surface area contributed by atoms with Crippen LogP contribution in [0.4, 0.5) is 0 Å². The average molecular weight is 251 g/mol. The zero-order valence-corrected chi connectivity index (χ0v) is 10.7. The summed E-state index contributed by atoms with van der Waals surface area (Å²) in [6.45, 7) is 0. The van der Waals surface area contributed by atoms with E-state index in [1.807, 2.05) is 35.1 Å². The highest BCUT2D eigenvalue weighted by Crippen LogP contribution is 2.20. The fourth-order valence-electron chi connectivity index (χ4n) is 1.54. The van der Waals surface area contributed by atoms with Crippen LogP contribution in [-0.4, -0.2) is 40.8 Å². The molecule has 2 aromatic heterocycles. The van der Waals surface area contributed by atoms with Gasteiger partial charge in [-0.25, -0.2) is 10.0 Å². The maximum absolute atomic E-state index is 12.0. The second-order valence-corrected chi connectivity index (χ2v) is 4.16. The Morgan fingerprint density at radius 3 is 2.94 bits per heavy atom. The molecule has 2 rings (SSSR count). The molecule has 90 valence electrons. The van der Waals surface area contributed by atoms with Gasteiger partial charge in [-0.15, -0.1) is 0 Å². The molecule has 0 saturated heterocycles. The first-order valence-electron chi connectivity index (χ1n) is 5.02. The van der Waals surface area contributed by atoms with Gasteiger partial charge in [-0.1, -0.05) is 17.8 Å². The summed E-state index contributed by atoms with van der Waals surface area (Å²) in [6, 6.07) is 5.65. The normalized spacial score (nSPS) is 10.8. The number of rotatable bonds is 3. The molecule has 2 heterocycles. The van der Waals surface area contributed by atoms with Gasteiger partial charge >= 0.3 is 0 Å². The molecule has 17 heavy (non-hydrogen) atoms. The van der Waals surface area contributed by atoms with E-state index in [0.29, 0.717) is 5.69 Å². The summed E-state index contributed by atoms with van der Waals surface area (Å²) in [5.41, 5.74) is 1.19. The molecule has 0 aromatic carbocycles. The molecule has 5 nitrogen and oxygen atoms in total. The molecule has 0 saturated carbocycles. The predicted octanol–water partition coefficient (Wildman–Crippen LogP) is 1.69. The van der Waals surface area contributed by atoms with Crippen molar-refractivity contribution in [2.75, 3.05) is 20.4 Å². The van der Waals surface area contributed by atoms with Crippen LogP contribution in [0.1, 0.15) is 10.5 Å². The van der Waals surface area contributed by atoms with E-state index < -0.39 is 0 Å². The number of pyridine rings is 1. The van der Waals surface area contributed by atoms with Crippen LogP contribution in [0.5, 0.6) is 0 Å². The van der Waals surface area contributed by atoms with Gasteiger partial charge in [0.15, 0.2) is 10.9 Å². The van der Waals surface area contributed by atoms with Crippen LogP contribution in [0, 0.1) is 0 Å². The maximum atomic E-state index is 12.0. The number of hydrogen-bond donors (Lipinski definition) is 0. The molecule has 0 unspecified atom stereocenters. The van der Waals surface area contributed by atoms with Crippen LogP contribution < -0.4 is 0 Å². The summed E-state index contributed by atoms with van der Waals surface area (Å²) in [7, 11) is 3.01. The number of carbonyl (C=O) groups is 1. The number of amides is 1. The number of aromatic nitrogens is 2. The van der Waals surface area contributed by atoms with Crippen molar-refractivity contribution >= 4 is 23.2 Å². The van der Waals surface area contributed by atoms with E-state index in [1.165, 1.54) is 23.9 Å². The minimum absolute atomic E-state index is 0.253. The third-order valence-electron chi connectivity index (χ3n) is 2.46. The fraction of sp³-hybridized carbons (Fsp3) is 0.273. The van der Waals surface area contributed by atoms with E-state index in [0.717, 1.165) is 10.7 Å². The lowest BCUT2D eigenvalue weighted by molar-refractivity contribution is -0.0759. The van der Waals surface area contributed by atoms with Crippen molar-refractivity contribution in [3.8, 4) is 0 Å². The minimum atomic E-state index is -0.253. The van der Waals surface area contributed by atoms with Gasteiger partial charge in [-0.3, -0.25) is 14.0 Å². The Morgan fingerprint density at radius 2 is 2.29 bits per heavy atom. The van der Waals surface area contributed by atoms with E-state index in [1.54, 1.807) is 7.05 Å². The van der Waals surface area contributed by atoms with Crippen LogP contribution >= 0.6 is 11.8 Å². The minimum Gasteiger partial charge on any atom is -0.294 e. The van der Waals surface area contributed by atoms with Crippen molar-refractivity contribution in [1.82, 2.24) is 14.4 Å². The summed E-state index contributed by atoms with van der Waals surface area (Å²) in [5, 5.41) is 1.95. The number of hydrogen-bond acceptors (Lipinski definition) is 4. The van der Waals surface area contributed by atoms with Crippen molar-refractivity contribution < 1.29 is 9.63 Å². The van der Waals surface area contributed by atoms with Crippen LogP contribution in [0.25, 0.3) is 5.52 Å². The molecule has 0 aliphatic carbocycles. The summed E-state index contributed by atoms with van der Waals surface area (Å²) in [4.78, 5) is 21.3. The predicted molar refractivity (Wildman–Crippen MR) is 66.1 cm³/mol. The first-order valence-corrected chi connectivity index (χ1v) is 6.24. The van der Waals surface area contributed by atoms with Crippen molar-refractivity contribution in [3.63, 3.8) is 0 Å². The number of nitrogens with zero attached hydrogens (tertiary/aromatic N) is 3.